The van der Waals surface area contributed by atoms with Gasteiger partial charge in [-0.1, -0.05) is 24.3 Å². The number of piperazine rings is 1. The van der Waals surface area contributed by atoms with E-state index in [1.165, 1.54) is 23.1 Å². The molecule has 2 amide bonds. The van der Waals surface area contributed by atoms with Crippen molar-refractivity contribution in [3.8, 4) is 0 Å². The number of sulfone groups is 1. The van der Waals surface area contributed by atoms with Crippen molar-refractivity contribution in [3.05, 3.63) is 103 Å². The number of anilines is 2. The lowest BCUT2D eigenvalue weighted by molar-refractivity contribution is 0.101. The molecule has 6 rings (SSSR count). The fraction of sp³-hybridized carbons (Fsp3) is 0.194. The van der Waals surface area contributed by atoms with Gasteiger partial charge in [0.2, 0.25) is 9.84 Å². The largest absolute Gasteiger partial charge is 0.368 e. The molecule has 3 aromatic carbocycles. The van der Waals surface area contributed by atoms with E-state index < -0.39 is 15.7 Å². The number of fused-ring (bicyclic) bond motifs is 1. The maximum Gasteiger partial charge on any atom is 0.275 e. The van der Waals surface area contributed by atoms with E-state index in [-0.39, 0.29) is 15.7 Å². The van der Waals surface area contributed by atoms with Crippen molar-refractivity contribution in [3.63, 3.8) is 0 Å². The van der Waals surface area contributed by atoms with E-state index in [2.05, 4.69) is 32.7 Å². The predicted octanol–water partition coefficient (Wildman–Crippen LogP) is 3.60. The molecule has 5 aromatic rings. The Morgan fingerprint density at radius 3 is 2.30 bits per heavy atom. The molecule has 43 heavy (non-hydrogen) atoms. The van der Waals surface area contributed by atoms with Crippen LogP contribution in [-0.4, -0.2) is 72.8 Å². The molecule has 1 fully saturated rings. The van der Waals surface area contributed by atoms with Crippen LogP contribution in [0.2, 0.25) is 0 Å². The first-order chi connectivity index (χ1) is 20.7. The Morgan fingerprint density at radius 1 is 0.814 bits per heavy atom. The highest BCUT2D eigenvalue weighted by Gasteiger charge is 2.26. The summed E-state index contributed by atoms with van der Waals surface area (Å²) in [5.41, 5.74) is 5.19. The molecule has 2 N–H and O–H groups in total. The Kier molecular flexibility index (Phi) is 7.46. The average molecular weight is 598 g/mol. The quantitative estimate of drug-likeness (QED) is 0.294. The Morgan fingerprint density at radius 2 is 1.58 bits per heavy atom. The zero-order chi connectivity index (χ0) is 30.1. The van der Waals surface area contributed by atoms with Crippen LogP contribution in [0.25, 0.3) is 10.9 Å². The molecule has 1 saturated heterocycles. The summed E-state index contributed by atoms with van der Waals surface area (Å²) in [4.78, 5) is 33.1. The van der Waals surface area contributed by atoms with Gasteiger partial charge in [-0.3, -0.25) is 9.59 Å². The number of hydrogen-bond acceptors (Lipinski definition) is 7. The van der Waals surface area contributed by atoms with E-state index in [0.29, 0.717) is 33.5 Å². The Balaban J connectivity index is 1.34. The molecule has 0 atom stereocenters. The summed E-state index contributed by atoms with van der Waals surface area (Å²) in [7, 11) is 0.113. The second kappa shape index (κ2) is 11.4. The number of benzene rings is 3. The summed E-state index contributed by atoms with van der Waals surface area (Å²) in [6.07, 6.45) is 3.28. The van der Waals surface area contributed by atoms with E-state index in [1.54, 1.807) is 72.4 Å². The molecule has 220 valence electrons. The van der Waals surface area contributed by atoms with Crippen molar-refractivity contribution < 1.29 is 18.0 Å². The first kappa shape index (κ1) is 28.2. The second-order valence-corrected chi connectivity index (χ2v) is 12.4. The minimum absolute atomic E-state index is 0.128. The van der Waals surface area contributed by atoms with Crippen molar-refractivity contribution >= 4 is 43.9 Å². The van der Waals surface area contributed by atoms with Gasteiger partial charge in [0.05, 0.1) is 38.4 Å². The Hall–Kier alpha value is -4.94. The number of carbonyl (C=O) groups is 2. The van der Waals surface area contributed by atoms with Gasteiger partial charge in [-0.15, -0.1) is 0 Å². The van der Waals surface area contributed by atoms with E-state index in [9.17, 15) is 18.0 Å². The first-order valence-corrected chi connectivity index (χ1v) is 15.3. The molecule has 0 saturated carbocycles. The minimum Gasteiger partial charge on any atom is -0.368 e. The number of nitrogens with one attached hydrogen (secondary N) is 2. The van der Waals surface area contributed by atoms with Gasteiger partial charge in [0.15, 0.2) is 0 Å². The van der Waals surface area contributed by atoms with Crippen molar-refractivity contribution in [2.75, 3.05) is 48.9 Å². The molecule has 1 aliphatic rings. The van der Waals surface area contributed by atoms with Crippen LogP contribution in [0.3, 0.4) is 0 Å². The van der Waals surface area contributed by atoms with E-state index in [0.717, 1.165) is 26.2 Å². The van der Waals surface area contributed by atoms with Gasteiger partial charge in [0.1, 0.15) is 5.69 Å². The lowest BCUT2D eigenvalue weighted by Gasteiger charge is -2.35. The van der Waals surface area contributed by atoms with Gasteiger partial charge in [-0.25, -0.2) is 13.8 Å². The van der Waals surface area contributed by atoms with E-state index >= 15 is 0 Å². The van der Waals surface area contributed by atoms with Crippen LogP contribution in [0.5, 0.6) is 0 Å². The van der Waals surface area contributed by atoms with Crippen LogP contribution in [-0.2, 0) is 16.9 Å². The monoisotopic (exact) mass is 597 g/mol. The van der Waals surface area contributed by atoms with E-state index in [4.69, 9.17) is 0 Å². The molecular weight excluding hydrogens is 566 g/mol. The summed E-state index contributed by atoms with van der Waals surface area (Å²) in [6.45, 7) is 3.10. The van der Waals surface area contributed by atoms with Gasteiger partial charge >= 0.3 is 0 Å². The number of aryl methyl sites for hydroxylation is 1. The van der Waals surface area contributed by atoms with Crippen LogP contribution in [0, 0.1) is 0 Å². The molecule has 12 heteroatoms. The van der Waals surface area contributed by atoms with Gasteiger partial charge < -0.3 is 19.7 Å². The van der Waals surface area contributed by atoms with Gasteiger partial charge in [0.25, 0.3) is 11.8 Å². The summed E-state index contributed by atoms with van der Waals surface area (Å²) in [5.74, 6) is -0.809. The number of nitrogens with zero attached hydrogens (tertiary/aromatic N) is 5. The molecule has 3 heterocycles. The van der Waals surface area contributed by atoms with Gasteiger partial charge in [-0.05, 0) is 61.6 Å². The standard InChI is InChI=1S/C31H31N7O4S/c1-35-16-18-37(19-17-35)27-11-6-10-25(33-30(39)28-12-7-15-36(28)2)29(27)31(40)34-38-26-14-13-24(20-22(26)21-32-38)43(41,42)23-8-4-3-5-9-23/h3-15,20-21H,16-19H2,1-2H3,(H,33,39)(H,34,40). The topological polar surface area (TPSA) is 122 Å². The van der Waals surface area contributed by atoms with Gasteiger partial charge in [-0.2, -0.15) is 9.89 Å². The van der Waals surface area contributed by atoms with Crippen molar-refractivity contribution in [1.82, 2.24) is 19.4 Å². The smallest absolute Gasteiger partial charge is 0.275 e. The zero-order valence-electron chi connectivity index (χ0n) is 23.8. The van der Waals surface area contributed by atoms with Crippen LogP contribution in [0.1, 0.15) is 20.8 Å². The van der Waals surface area contributed by atoms with Crippen molar-refractivity contribution in [1.29, 1.82) is 0 Å². The van der Waals surface area contributed by atoms with Crippen LogP contribution in [0.4, 0.5) is 11.4 Å². The fourth-order valence-corrected chi connectivity index (χ4v) is 6.55. The first-order valence-electron chi connectivity index (χ1n) is 13.8. The highest BCUT2D eigenvalue weighted by molar-refractivity contribution is 7.91. The molecule has 0 spiro atoms. The van der Waals surface area contributed by atoms with Crippen LogP contribution >= 0.6 is 0 Å². The maximum absolute atomic E-state index is 14.0. The second-order valence-electron chi connectivity index (χ2n) is 10.5. The molecule has 0 unspecified atom stereocenters. The molecule has 1 aliphatic heterocycles. The Labute approximate surface area is 249 Å². The number of carbonyl (C=O) groups excluding carboxylic acids is 2. The molecular formula is C31H31N7O4S. The molecule has 0 bridgehead atoms. The lowest BCUT2D eigenvalue weighted by atomic mass is 10.1. The third-order valence-corrected chi connectivity index (χ3v) is 9.42. The lowest BCUT2D eigenvalue weighted by Crippen LogP contribution is -2.45. The third kappa shape index (κ3) is 5.49. The van der Waals surface area contributed by atoms with Crippen LogP contribution in [0.15, 0.2) is 101 Å². The van der Waals surface area contributed by atoms with Crippen molar-refractivity contribution in [2.24, 2.45) is 7.05 Å². The summed E-state index contributed by atoms with van der Waals surface area (Å²) >= 11 is 0. The summed E-state index contributed by atoms with van der Waals surface area (Å²) < 4.78 is 28.0. The van der Waals surface area contributed by atoms with Gasteiger partial charge in [0, 0.05) is 44.8 Å². The normalized spacial score (nSPS) is 14.1. The fourth-order valence-electron chi connectivity index (χ4n) is 5.23. The molecule has 2 aromatic heterocycles. The number of aromatic nitrogens is 3. The molecule has 0 aliphatic carbocycles. The zero-order valence-corrected chi connectivity index (χ0v) is 24.6. The third-order valence-electron chi connectivity index (χ3n) is 7.65. The number of likely N-dealkylation sites (N-methyl/N-ethyl adjacent to an activating group) is 1. The highest BCUT2D eigenvalue weighted by Crippen LogP contribution is 2.30. The van der Waals surface area contributed by atoms with Crippen LogP contribution < -0.4 is 15.6 Å². The SMILES string of the molecule is CN1CCN(c2cccc(NC(=O)c3cccn3C)c2C(=O)Nn2ncc3cc(S(=O)(=O)c4ccccc4)ccc32)CC1. The van der Waals surface area contributed by atoms with E-state index in [1.807, 2.05) is 12.1 Å². The Bertz CT molecular complexity index is 1920. The maximum atomic E-state index is 14.0. The summed E-state index contributed by atoms with van der Waals surface area (Å²) in [5, 5.41) is 7.80. The summed E-state index contributed by atoms with van der Waals surface area (Å²) in [6, 6.07) is 21.8. The van der Waals surface area contributed by atoms with Crippen molar-refractivity contribution in [2.45, 2.75) is 9.79 Å². The number of hydrogen-bond donors (Lipinski definition) is 2. The number of rotatable bonds is 7. The predicted molar refractivity (Wildman–Crippen MR) is 165 cm³/mol. The average Bonchev–Trinajstić information content (AvgIpc) is 3.63. The molecule has 0 radical (unpaired) electrons. The minimum atomic E-state index is -3.72. The highest BCUT2D eigenvalue weighted by atomic mass is 32.2. The number of amides is 2. The molecule has 11 nitrogen and oxygen atoms in total.